The fourth-order valence-electron chi connectivity index (χ4n) is 3.08. The average molecular weight is 433 g/mol. The van der Waals surface area contributed by atoms with Crippen molar-refractivity contribution >= 4 is 10.0 Å². The van der Waals surface area contributed by atoms with Gasteiger partial charge in [-0.2, -0.15) is 0 Å². The first kappa shape index (κ1) is 21.9. The molecule has 1 heterocycles. The minimum Gasteiger partial charge on any atom is -0.424 e. The Labute approximate surface area is 176 Å². The molecule has 3 rings (SSSR count). The van der Waals surface area contributed by atoms with Crippen molar-refractivity contribution in [2.24, 2.45) is 0 Å². The van der Waals surface area contributed by atoms with Crippen molar-refractivity contribution < 1.29 is 17.5 Å². The summed E-state index contributed by atoms with van der Waals surface area (Å²) >= 11 is 0. The van der Waals surface area contributed by atoms with Crippen LogP contribution in [0.5, 0.6) is 11.8 Å². The maximum absolute atomic E-state index is 13.1. The lowest BCUT2D eigenvalue weighted by molar-refractivity contribution is 0.407. The molecule has 0 amide bonds. The lowest BCUT2D eigenvalue weighted by Crippen LogP contribution is -2.29. The maximum atomic E-state index is 13.1. The first-order chi connectivity index (χ1) is 14.3. The summed E-state index contributed by atoms with van der Waals surface area (Å²) in [6, 6.07) is 12.0. The van der Waals surface area contributed by atoms with Gasteiger partial charge >= 0.3 is 6.01 Å². The summed E-state index contributed by atoms with van der Waals surface area (Å²) in [6.45, 7) is 6.11. The summed E-state index contributed by atoms with van der Waals surface area (Å²) in [6.07, 6.45) is 1.90. The van der Waals surface area contributed by atoms with E-state index in [9.17, 15) is 12.8 Å². The highest BCUT2D eigenvalue weighted by Crippen LogP contribution is 2.24. The van der Waals surface area contributed by atoms with Crippen LogP contribution >= 0.6 is 0 Å². The van der Waals surface area contributed by atoms with E-state index in [1.807, 2.05) is 19.1 Å². The molecule has 9 heteroatoms. The smallest absolute Gasteiger partial charge is 0.322 e. The summed E-state index contributed by atoms with van der Waals surface area (Å²) in [5.41, 5.74) is 1.10. The summed E-state index contributed by atoms with van der Waals surface area (Å²) in [5, 5.41) is 8.13. The molecule has 0 spiro atoms. The average Bonchev–Trinajstić information content (AvgIpc) is 3.13. The molecule has 1 atom stereocenters. The summed E-state index contributed by atoms with van der Waals surface area (Å²) < 4.78 is 48.6. The number of benzene rings is 2. The van der Waals surface area contributed by atoms with Crippen LogP contribution in [-0.4, -0.2) is 23.2 Å². The van der Waals surface area contributed by atoms with Crippen LogP contribution in [0, 0.1) is 5.82 Å². The van der Waals surface area contributed by atoms with Crippen LogP contribution in [0.2, 0.25) is 0 Å². The molecular formula is C21H25FN4O3S. The van der Waals surface area contributed by atoms with Gasteiger partial charge in [0.1, 0.15) is 11.6 Å². The Morgan fingerprint density at radius 2 is 1.73 bits per heavy atom. The molecule has 0 fully saturated rings. The molecule has 0 bridgehead atoms. The predicted octanol–water partition coefficient (Wildman–Crippen LogP) is 4.22. The van der Waals surface area contributed by atoms with Crippen molar-refractivity contribution in [3.63, 3.8) is 0 Å². The molecule has 1 N–H and O–H groups in total. The minimum absolute atomic E-state index is 0.194. The molecule has 0 saturated heterocycles. The van der Waals surface area contributed by atoms with E-state index < -0.39 is 16.1 Å². The van der Waals surface area contributed by atoms with Crippen molar-refractivity contribution in [3.05, 3.63) is 65.7 Å². The van der Waals surface area contributed by atoms with E-state index in [0.717, 1.165) is 18.4 Å². The zero-order valence-electron chi connectivity index (χ0n) is 17.2. The van der Waals surface area contributed by atoms with Crippen LogP contribution in [0.3, 0.4) is 0 Å². The van der Waals surface area contributed by atoms with E-state index in [1.54, 1.807) is 23.6 Å². The van der Waals surface area contributed by atoms with E-state index in [-0.39, 0.29) is 16.7 Å². The molecule has 30 heavy (non-hydrogen) atoms. The van der Waals surface area contributed by atoms with Crippen molar-refractivity contribution in [3.8, 4) is 11.8 Å². The number of aromatic nitrogens is 3. The molecule has 7 nitrogen and oxygen atoms in total. The summed E-state index contributed by atoms with van der Waals surface area (Å²) in [5.74, 6) is 0.456. The highest BCUT2D eigenvalue weighted by atomic mass is 32.2. The zero-order chi connectivity index (χ0) is 21.7. The number of aryl methyl sites for hydroxylation is 1. The fraction of sp³-hybridized carbons (Fsp3) is 0.333. The number of sulfonamides is 1. The molecule has 0 aliphatic heterocycles. The van der Waals surface area contributed by atoms with E-state index in [0.29, 0.717) is 18.1 Å². The Morgan fingerprint density at radius 1 is 1.07 bits per heavy atom. The van der Waals surface area contributed by atoms with E-state index in [1.165, 1.54) is 24.3 Å². The molecule has 0 radical (unpaired) electrons. The third-order valence-electron chi connectivity index (χ3n) is 4.58. The van der Waals surface area contributed by atoms with Gasteiger partial charge in [-0.25, -0.2) is 17.5 Å². The first-order valence-electron chi connectivity index (χ1n) is 9.81. The second kappa shape index (κ2) is 9.36. The van der Waals surface area contributed by atoms with E-state index in [4.69, 9.17) is 4.74 Å². The van der Waals surface area contributed by atoms with Gasteiger partial charge in [-0.1, -0.05) is 30.6 Å². The third-order valence-corrected chi connectivity index (χ3v) is 6.13. The minimum atomic E-state index is -3.73. The number of ether oxygens (including phenoxy) is 1. The topological polar surface area (TPSA) is 86.1 Å². The van der Waals surface area contributed by atoms with Crippen molar-refractivity contribution in [2.45, 2.75) is 51.1 Å². The van der Waals surface area contributed by atoms with Crippen LogP contribution in [0.25, 0.3) is 0 Å². The van der Waals surface area contributed by atoms with Crippen LogP contribution < -0.4 is 9.46 Å². The Hall–Kier alpha value is -2.78. The van der Waals surface area contributed by atoms with Gasteiger partial charge in [-0.05, 0) is 62.2 Å². The van der Waals surface area contributed by atoms with Crippen LogP contribution in [0.1, 0.15) is 44.6 Å². The predicted molar refractivity (Wildman–Crippen MR) is 111 cm³/mol. The van der Waals surface area contributed by atoms with Crippen LogP contribution in [0.15, 0.2) is 53.4 Å². The molecule has 160 valence electrons. The lowest BCUT2D eigenvalue weighted by atomic mass is 10.1. The molecule has 3 aromatic rings. The van der Waals surface area contributed by atoms with Gasteiger partial charge in [-0.3, -0.25) is 4.57 Å². The molecule has 0 unspecified atom stereocenters. The van der Waals surface area contributed by atoms with Gasteiger partial charge in [0.15, 0.2) is 5.82 Å². The lowest BCUT2D eigenvalue weighted by Gasteiger charge is -2.15. The molecule has 2 aromatic carbocycles. The van der Waals surface area contributed by atoms with Gasteiger partial charge in [0.25, 0.3) is 0 Å². The monoisotopic (exact) mass is 432 g/mol. The quantitative estimate of drug-likeness (QED) is 0.547. The standard InChI is InChI=1S/C21H25FN4O3S/c1-4-6-16-7-13-19(14-8-16)30(27,28)25-15(3)20-23-24-21(26(20)5-2)29-18-11-9-17(22)10-12-18/h7-15,25H,4-6H2,1-3H3/t15-/m1/s1. The number of hydrogen-bond acceptors (Lipinski definition) is 5. The Bertz CT molecular complexity index is 1080. The van der Waals surface area contributed by atoms with Crippen molar-refractivity contribution in [1.29, 1.82) is 0 Å². The second-order valence-corrected chi connectivity index (χ2v) is 8.59. The Morgan fingerprint density at radius 3 is 2.33 bits per heavy atom. The number of nitrogens with one attached hydrogen (secondary N) is 1. The first-order valence-corrected chi connectivity index (χ1v) is 11.3. The number of nitrogens with zero attached hydrogens (tertiary/aromatic N) is 3. The second-order valence-electron chi connectivity index (χ2n) is 6.88. The van der Waals surface area contributed by atoms with Gasteiger partial charge in [0.2, 0.25) is 10.0 Å². The van der Waals surface area contributed by atoms with Gasteiger partial charge < -0.3 is 4.74 Å². The molecule has 0 aliphatic carbocycles. The molecular weight excluding hydrogens is 407 g/mol. The van der Waals surface area contributed by atoms with E-state index in [2.05, 4.69) is 21.8 Å². The molecule has 0 aliphatic rings. The van der Waals surface area contributed by atoms with Crippen molar-refractivity contribution in [1.82, 2.24) is 19.5 Å². The Kier molecular flexibility index (Phi) is 6.84. The van der Waals surface area contributed by atoms with Gasteiger partial charge in [-0.15, -0.1) is 5.10 Å². The zero-order valence-corrected chi connectivity index (χ0v) is 18.0. The highest BCUT2D eigenvalue weighted by Gasteiger charge is 2.24. The van der Waals surface area contributed by atoms with Crippen LogP contribution in [0.4, 0.5) is 4.39 Å². The largest absolute Gasteiger partial charge is 0.424 e. The number of halogens is 1. The van der Waals surface area contributed by atoms with Gasteiger partial charge in [0, 0.05) is 6.54 Å². The third kappa shape index (κ3) is 5.03. The normalized spacial score (nSPS) is 12.7. The maximum Gasteiger partial charge on any atom is 0.322 e. The van der Waals surface area contributed by atoms with E-state index >= 15 is 0 Å². The fourth-order valence-corrected chi connectivity index (χ4v) is 4.28. The summed E-state index contributed by atoms with van der Waals surface area (Å²) in [4.78, 5) is 0.194. The highest BCUT2D eigenvalue weighted by molar-refractivity contribution is 7.89. The molecule has 0 saturated carbocycles. The van der Waals surface area contributed by atoms with Crippen LogP contribution in [-0.2, 0) is 23.0 Å². The van der Waals surface area contributed by atoms with Gasteiger partial charge in [0.05, 0.1) is 10.9 Å². The number of hydrogen-bond donors (Lipinski definition) is 1. The summed E-state index contributed by atoms with van der Waals surface area (Å²) in [7, 11) is -3.73. The Balaban J connectivity index is 1.78. The molecule has 1 aromatic heterocycles. The SMILES string of the molecule is CCCc1ccc(S(=O)(=O)N[C@H](C)c2nnc(Oc3ccc(F)cc3)n2CC)cc1. The number of rotatable bonds is 9. The van der Waals surface area contributed by atoms with Crippen molar-refractivity contribution in [2.75, 3.05) is 0 Å².